The van der Waals surface area contributed by atoms with Crippen LogP contribution < -0.4 is 0 Å². The first-order valence-electron chi connectivity index (χ1n) is 20.9. The molecule has 1 saturated heterocycles. The van der Waals surface area contributed by atoms with Crippen molar-refractivity contribution in [3.8, 4) is 0 Å². The van der Waals surface area contributed by atoms with E-state index in [9.17, 15) is 0 Å². The summed E-state index contributed by atoms with van der Waals surface area (Å²) in [6.07, 6.45) is 14.8. The Morgan fingerprint density at radius 2 is 0.907 bits per heavy atom. The smallest absolute Gasteiger partial charge is 0.104 e. The first kappa shape index (κ1) is 35.4. The predicted molar refractivity (Wildman–Crippen MR) is 229 cm³/mol. The second-order valence-corrected chi connectivity index (χ2v) is 16.0. The molecule has 0 spiro atoms. The van der Waals surface area contributed by atoms with E-state index in [1.165, 1.54) is 127 Å². The van der Waals surface area contributed by atoms with Crippen LogP contribution in [0, 0.1) is 5.92 Å². The zero-order chi connectivity index (χ0) is 36.1. The Hall–Kier alpha value is -4.28. The summed E-state index contributed by atoms with van der Waals surface area (Å²) in [5, 5.41) is 16.7. The first-order chi connectivity index (χ1) is 26.8. The van der Waals surface area contributed by atoms with Crippen molar-refractivity contribution < 1.29 is 14.2 Å². The fourth-order valence-electron chi connectivity index (χ4n) is 9.23. The maximum Gasteiger partial charge on any atom is 0.104 e. The van der Waals surface area contributed by atoms with Crippen molar-refractivity contribution in [1.29, 1.82) is 0 Å². The van der Waals surface area contributed by atoms with Gasteiger partial charge in [-0.2, -0.15) is 0 Å². The molecule has 0 amide bonds. The van der Waals surface area contributed by atoms with Crippen LogP contribution in [0.5, 0.6) is 0 Å². The van der Waals surface area contributed by atoms with Gasteiger partial charge in [0.15, 0.2) is 0 Å². The molecule has 8 aromatic rings. The average Bonchev–Trinajstić information content (AvgIpc) is 4.05. The monoisotopic (exact) mass is 714 g/mol. The number of ether oxygens (including phenoxy) is 3. The number of aryl methyl sites for hydroxylation is 2. The van der Waals surface area contributed by atoms with E-state index in [0.717, 1.165) is 58.7 Å². The number of rotatable bonds is 21. The molecule has 0 saturated carbocycles. The van der Waals surface area contributed by atoms with Gasteiger partial charge in [0.1, 0.15) is 6.10 Å². The molecular weight excluding hydrogens is 661 g/mol. The summed E-state index contributed by atoms with van der Waals surface area (Å²) in [7, 11) is 0. The summed E-state index contributed by atoms with van der Waals surface area (Å²) >= 11 is 0. The Morgan fingerprint density at radius 1 is 0.463 bits per heavy atom. The van der Waals surface area contributed by atoms with Crippen molar-refractivity contribution in [2.75, 3.05) is 33.0 Å². The Labute approximate surface area is 320 Å². The van der Waals surface area contributed by atoms with Crippen LogP contribution in [0.15, 0.2) is 109 Å². The fourth-order valence-corrected chi connectivity index (χ4v) is 9.23. The molecule has 1 heterocycles. The minimum atomic E-state index is 0.367. The van der Waals surface area contributed by atoms with Crippen LogP contribution in [0.3, 0.4) is 0 Å². The third-order valence-electron chi connectivity index (χ3n) is 12.2. The minimum absolute atomic E-state index is 0.367. The van der Waals surface area contributed by atoms with Crippen molar-refractivity contribution in [1.82, 2.24) is 0 Å². The fraction of sp³-hybridized carbons (Fsp3) is 0.373. The zero-order valence-electron chi connectivity index (χ0n) is 31.8. The van der Waals surface area contributed by atoms with Gasteiger partial charge in [0.25, 0.3) is 0 Å². The van der Waals surface area contributed by atoms with Gasteiger partial charge in [0.05, 0.1) is 13.2 Å². The van der Waals surface area contributed by atoms with Crippen molar-refractivity contribution in [2.45, 2.75) is 83.2 Å². The second-order valence-electron chi connectivity index (χ2n) is 16.0. The zero-order valence-corrected chi connectivity index (χ0v) is 31.8. The Kier molecular flexibility index (Phi) is 10.9. The number of hydrogen-bond acceptors (Lipinski definition) is 3. The predicted octanol–water partition coefficient (Wildman–Crippen LogP) is 13.2. The Morgan fingerprint density at radius 3 is 1.41 bits per heavy atom. The molecule has 9 rings (SSSR count). The standard InChI is InChI=1S/C51H54O3/c1(2-8-32-53-34-45-35-54-45)7-31-52-33-36(11-3-5-13-37-19-21-43-25-23-39-15-9-17-41-27-29-46(37)50(43)48(39)41)12-4-6-14-38-20-22-44-26-24-40-16-10-18-42-28-30-47(38)51(44)49(40)42/h9-10,15-30,36,45H,1-8,11-14,31-35H2. The van der Waals surface area contributed by atoms with Crippen molar-refractivity contribution >= 4 is 64.6 Å². The highest BCUT2D eigenvalue weighted by Gasteiger charge is 2.22. The molecule has 0 N–H and O–H groups in total. The lowest BCUT2D eigenvalue weighted by atomic mass is 9.89. The largest absolute Gasteiger partial charge is 0.381 e. The van der Waals surface area contributed by atoms with Crippen LogP contribution in [0.1, 0.15) is 75.3 Å². The van der Waals surface area contributed by atoms with E-state index in [4.69, 9.17) is 14.2 Å². The van der Waals surface area contributed by atoms with Crippen molar-refractivity contribution in [3.05, 3.63) is 120 Å². The van der Waals surface area contributed by atoms with Gasteiger partial charge in [0.2, 0.25) is 0 Å². The van der Waals surface area contributed by atoms with E-state index in [2.05, 4.69) is 109 Å². The first-order valence-corrected chi connectivity index (χ1v) is 20.9. The van der Waals surface area contributed by atoms with Gasteiger partial charge in [-0.3, -0.25) is 0 Å². The highest BCUT2D eigenvalue weighted by atomic mass is 16.6. The minimum Gasteiger partial charge on any atom is -0.381 e. The lowest BCUT2D eigenvalue weighted by molar-refractivity contribution is 0.0863. The van der Waals surface area contributed by atoms with E-state index >= 15 is 0 Å². The lowest BCUT2D eigenvalue weighted by Gasteiger charge is -2.18. The van der Waals surface area contributed by atoms with Gasteiger partial charge in [-0.1, -0.05) is 135 Å². The lowest BCUT2D eigenvalue weighted by Crippen LogP contribution is -2.11. The molecule has 1 aliphatic heterocycles. The molecule has 0 aliphatic carbocycles. The summed E-state index contributed by atoms with van der Waals surface area (Å²) in [6.45, 7) is 4.26. The topological polar surface area (TPSA) is 31.0 Å². The summed E-state index contributed by atoms with van der Waals surface area (Å²) in [5.74, 6) is 0.616. The van der Waals surface area contributed by atoms with Gasteiger partial charge in [0, 0.05) is 19.8 Å². The molecule has 1 fully saturated rings. The van der Waals surface area contributed by atoms with Crippen LogP contribution >= 0.6 is 0 Å². The van der Waals surface area contributed by atoms with Gasteiger partial charge in [-0.15, -0.1) is 0 Å². The van der Waals surface area contributed by atoms with Gasteiger partial charge >= 0.3 is 0 Å². The molecule has 0 radical (unpaired) electrons. The molecule has 1 aliphatic rings. The van der Waals surface area contributed by atoms with Gasteiger partial charge in [-0.25, -0.2) is 0 Å². The SMILES string of the molecule is c1cc2ccc3ccc(CCCCC(CCCCc4ccc5ccc6cccc7ccc4c5c67)COCCCCCCOCC4CO4)c4ccc(c1)c2c34. The van der Waals surface area contributed by atoms with E-state index in [1.54, 1.807) is 0 Å². The molecule has 54 heavy (non-hydrogen) atoms. The maximum absolute atomic E-state index is 6.39. The number of epoxide rings is 1. The molecule has 0 bridgehead atoms. The van der Waals surface area contributed by atoms with E-state index in [0.29, 0.717) is 12.0 Å². The van der Waals surface area contributed by atoms with Crippen molar-refractivity contribution in [3.63, 3.8) is 0 Å². The molecular formula is C51H54O3. The number of hydrogen-bond donors (Lipinski definition) is 0. The van der Waals surface area contributed by atoms with Crippen LogP contribution in [0.25, 0.3) is 64.6 Å². The summed E-state index contributed by atoms with van der Waals surface area (Å²) in [6, 6.07) is 41.4. The van der Waals surface area contributed by atoms with Gasteiger partial charge in [-0.05, 0) is 133 Å². The van der Waals surface area contributed by atoms with Crippen LogP contribution in [0.4, 0.5) is 0 Å². The molecule has 1 atom stereocenters. The highest BCUT2D eigenvalue weighted by molar-refractivity contribution is 6.24. The maximum atomic E-state index is 6.39. The van der Waals surface area contributed by atoms with Crippen molar-refractivity contribution in [2.24, 2.45) is 5.92 Å². The van der Waals surface area contributed by atoms with Gasteiger partial charge < -0.3 is 14.2 Å². The van der Waals surface area contributed by atoms with Crippen LogP contribution in [0.2, 0.25) is 0 Å². The van der Waals surface area contributed by atoms with E-state index in [-0.39, 0.29) is 0 Å². The summed E-state index contributed by atoms with van der Waals surface area (Å²) in [4.78, 5) is 0. The second kappa shape index (κ2) is 16.6. The van der Waals surface area contributed by atoms with E-state index in [1.807, 2.05) is 0 Å². The number of unbranched alkanes of at least 4 members (excludes halogenated alkanes) is 5. The van der Waals surface area contributed by atoms with Crippen LogP contribution in [-0.4, -0.2) is 39.1 Å². The molecule has 0 aromatic heterocycles. The summed E-state index contributed by atoms with van der Waals surface area (Å²) in [5.41, 5.74) is 2.99. The Balaban J connectivity index is 0.799. The van der Waals surface area contributed by atoms with Crippen LogP contribution in [-0.2, 0) is 27.1 Å². The van der Waals surface area contributed by atoms with E-state index < -0.39 is 0 Å². The molecule has 3 nitrogen and oxygen atoms in total. The highest BCUT2D eigenvalue weighted by Crippen LogP contribution is 2.38. The molecule has 3 heteroatoms. The molecule has 1 unspecified atom stereocenters. The quantitative estimate of drug-likeness (QED) is 0.0422. The molecule has 276 valence electrons. The summed E-state index contributed by atoms with van der Waals surface area (Å²) < 4.78 is 17.3. The number of benzene rings is 8. The Bertz CT molecular complexity index is 2250. The average molecular weight is 715 g/mol. The normalized spacial score (nSPS) is 14.7. The third kappa shape index (κ3) is 7.78. The molecule has 8 aromatic carbocycles. The third-order valence-corrected chi connectivity index (χ3v) is 12.2.